The van der Waals surface area contributed by atoms with E-state index in [1.807, 2.05) is 7.05 Å². The van der Waals surface area contributed by atoms with Gasteiger partial charge in [-0.05, 0) is 18.4 Å². The zero-order chi connectivity index (χ0) is 16.6. The Hall–Kier alpha value is -0.860. The fourth-order valence-corrected chi connectivity index (χ4v) is 3.67. The predicted molar refractivity (Wildman–Crippen MR) is 114 cm³/mol. The van der Waals surface area contributed by atoms with E-state index in [9.17, 15) is 0 Å². The smallest absolute Gasteiger partial charge is 0.191 e. The lowest BCUT2D eigenvalue weighted by Gasteiger charge is -2.35. The van der Waals surface area contributed by atoms with Gasteiger partial charge in [-0.3, -0.25) is 9.89 Å². The average molecular weight is 458 g/mol. The van der Waals surface area contributed by atoms with Crippen molar-refractivity contribution in [3.05, 3.63) is 35.9 Å². The van der Waals surface area contributed by atoms with Crippen LogP contribution in [0.3, 0.4) is 0 Å². The minimum Gasteiger partial charge on any atom is -0.379 e. The highest BCUT2D eigenvalue weighted by atomic mass is 127. The Labute approximate surface area is 168 Å². The van der Waals surface area contributed by atoms with Crippen molar-refractivity contribution in [1.29, 1.82) is 0 Å². The lowest BCUT2D eigenvalue weighted by molar-refractivity contribution is 0.0170. The number of aliphatic imine (C=N–C) groups is 1. The van der Waals surface area contributed by atoms with E-state index in [1.54, 1.807) is 0 Å². The molecule has 0 bridgehead atoms. The maximum absolute atomic E-state index is 5.52. The SMILES string of the molecule is CN=C(NCC(c1ccccc1)N1CCOCC1)NC1CCCC1.I. The Balaban J connectivity index is 0.00000225. The summed E-state index contributed by atoms with van der Waals surface area (Å²) in [5.41, 5.74) is 1.35. The van der Waals surface area contributed by atoms with E-state index in [2.05, 4.69) is 50.9 Å². The van der Waals surface area contributed by atoms with Crippen LogP contribution in [0.2, 0.25) is 0 Å². The summed E-state index contributed by atoms with van der Waals surface area (Å²) in [6.45, 7) is 4.46. The maximum atomic E-state index is 5.52. The molecule has 0 aromatic heterocycles. The number of hydrogen-bond donors (Lipinski definition) is 2. The summed E-state index contributed by atoms with van der Waals surface area (Å²) in [5, 5.41) is 7.12. The van der Waals surface area contributed by atoms with Crippen molar-refractivity contribution >= 4 is 29.9 Å². The molecule has 2 fully saturated rings. The molecular formula is C19H31IN4O. The molecule has 1 atom stereocenters. The molecule has 3 rings (SSSR count). The largest absolute Gasteiger partial charge is 0.379 e. The van der Waals surface area contributed by atoms with Crippen LogP contribution in [0.15, 0.2) is 35.3 Å². The summed E-state index contributed by atoms with van der Waals surface area (Å²) in [4.78, 5) is 6.92. The van der Waals surface area contributed by atoms with E-state index in [0.717, 1.165) is 38.8 Å². The second-order valence-corrected chi connectivity index (χ2v) is 6.65. The van der Waals surface area contributed by atoms with Gasteiger partial charge < -0.3 is 15.4 Å². The second kappa shape index (κ2) is 11.0. The van der Waals surface area contributed by atoms with E-state index in [-0.39, 0.29) is 24.0 Å². The number of benzene rings is 1. The first-order valence-electron chi connectivity index (χ1n) is 9.21. The van der Waals surface area contributed by atoms with Crippen LogP contribution in [-0.4, -0.2) is 56.8 Å². The van der Waals surface area contributed by atoms with Gasteiger partial charge in [0, 0.05) is 32.7 Å². The molecule has 140 valence electrons. The fourth-order valence-electron chi connectivity index (χ4n) is 3.67. The van der Waals surface area contributed by atoms with E-state index in [4.69, 9.17) is 4.74 Å². The van der Waals surface area contributed by atoms with E-state index < -0.39 is 0 Å². The van der Waals surface area contributed by atoms with Gasteiger partial charge in [0.05, 0.1) is 19.3 Å². The number of nitrogens with zero attached hydrogens (tertiary/aromatic N) is 2. The van der Waals surface area contributed by atoms with Crippen LogP contribution >= 0.6 is 24.0 Å². The van der Waals surface area contributed by atoms with Crippen molar-refractivity contribution in [2.24, 2.45) is 4.99 Å². The van der Waals surface area contributed by atoms with Crippen molar-refractivity contribution < 1.29 is 4.74 Å². The van der Waals surface area contributed by atoms with Gasteiger partial charge in [-0.2, -0.15) is 0 Å². The number of ether oxygens (including phenoxy) is 1. The van der Waals surface area contributed by atoms with Gasteiger partial charge in [0.15, 0.2) is 5.96 Å². The molecule has 1 heterocycles. The number of hydrogen-bond acceptors (Lipinski definition) is 3. The summed E-state index contributed by atoms with van der Waals surface area (Å²) in [6.07, 6.45) is 5.17. The highest BCUT2D eigenvalue weighted by molar-refractivity contribution is 14.0. The van der Waals surface area contributed by atoms with E-state index in [1.165, 1.54) is 31.2 Å². The molecule has 1 saturated heterocycles. The number of halogens is 1. The van der Waals surface area contributed by atoms with Crippen LogP contribution in [0.25, 0.3) is 0 Å². The Bertz CT molecular complexity index is 513. The Morgan fingerprint density at radius 2 is 1.88 bits per heavy atom. The number of morpholine rings is 1. The summed E-state index contributed by atoms with van der Waals surface area (Å²) in [6, 6.07) is 11.7. The molecule has 0 amide bonds. The number of rotatable bonds is 5. The molecule has 25 heavy (non-hydrogen) atoms. The molecule has 1 aliphatic heterocycles. The van der Waals surface area contributed by atoms with Crippen molar-refractivity contribution in [2.75, 3.05) is 39.9 Å². The lowest BCUT2D eigenvalue weighted by Crippen LogP contribution is -2.48. The highest BCUT2D eigenvalue weighted by Gasteiger charge is 2.23. The molecule has 1 unspecified atom stereocenters. The average Bonchev–Trinajstić information content (AvgIpc) is 3.16. The normalized spacial score (nSPS) is 20.8. The third-order valence-corrected chi connectivity index (χ3v) is 5.05. The standard InChI is InChI=1S/C19H30N4O.HI/c1-20-19(22-17-9-5-6-10-17)21-15-18(16-7-3-2-4-8-16)23-11-13-24-14-12-23;/h2-4,7-8,17-18H,5-6,9-15H2,1H3,(H2,20,21,22);1H. The van der Waals surface area contributed by atoms with Crippen LogP contribution < -0.4 is 10.6 Å². The topological polar surface area (TPSA) is 48.9 Å². The monoisotopic (exact) mass is 458 g/mol. The van der Waals surface area contributed by atoms with Crippen LogP contribution in [0.4, 0.5) is 0 Å². The second-order valence-electron chi connectivity index (χ2n) is 6.65. The van der Waals surface area contributed by atoms with Crippen molar-refractivity contribution in [1.82, 2.24) is 15.5 Å². The molecular weight excluding hydrogens is 427 g/mol. The van der Waals surface area contributed by atoms with Gasteiger partial charge in [0.1, 0.15) is 0 Å². The first-order valence-corrected chi connectivity index (χ1v) is 9.21. The molecule has 2 N–H and O–H groups in total. The summed E-state index contributed by atoms with van der Waals surface area (Å²) in [7, 11) is 1.86. The Morgan fingerprint density at radius 3 is 2.52 bits per heavy atom. The van der Waals surface area contributed by atoms with Crippen LogP contribution in [0.5, 0.6) is 0 Å². The molecule has 1 aromatic carbocycles. The van der Waals surface area contributed by atoms with Gasteiger partial charge in [-0.15, -0.1) is 24.0 Å². The van der Waals surface area contributed by atoms with Crippen molar-refractivity contribution in [3.8, 4) is 0 Å². The van der Waals surface area contributed by atoms with Crippen LogP contribution in [-0.2, 0) is 4.74 Å². The van der Waals surface area contributed by atoms with Crippen LogP contribution in [0.1, 0.15) is 37.3 Å². The number of nitrogens with one attached hydrogen (secondary N) is 2. The van der Waals surface area contributed by atoms with Crippen molar-refractivity contribution in [3.63, 3.8) is 0 Å². The zero-order valence-electron chi connectivity index (χ0n) is 15.1. The van der Waals surface area contributed by atoms with Crippen molar-refractivity contribution in [2.45, 2.75) is 37.8 Å². The van der Waals surface area contributed by atoms with E-state index in [0.29, 0.717) is 12.1 Å². The minimum atomic E-state index is 0. The van der Waals surface area contributed by atoms with Gasteiger partial charge >= 0.3 is 0 Å². The van der Waals surface area contributed by atoms with E-state index >= 15 is 0 Å². The summed E-state index contributed by atoms with van der Waals surface area (Å²) < 4.78 is 5.52. The molecule has 1 aliphatic carbocycles. The Morgan fingerprint density at radius 1 is 1.20 bits per heavy atom. The quantitative estimate of drug-likeness (QED) is 0.405. The highest BCUT2D eigenvalue weighted by Crippen LogP contribution is 2.21. The minimum absolute atomic E-state index is 0. The third kappa shape index (κ3) is 6.11. The maximum Gasteiger partial charge on any atom is 0.191 e. The first-order chi connectivity index (χ1) is 11.9. The lowest BCUT2D eigenvalue weighted by atomic mass is 10.0. The molecule has 1 aromatic rings. The molecule has 0 spiro atoms. The van der Waals surface area contributed by atoms with Gasteiger partial charge in [-0.25, -0.2) is 0 Å². The van der Waals surface area contributed by atoms with Gasteiger partial charge in [0.25, 0.3) is 0 Å². The molecule has 5 nitrogen and oxygen atoms in total. The van der Waals surface area contributed by atoms with Gasteiger partial charge in [0.2, 0.25) is 0 Å². The molecule has 2 aliphatic rings. The molecule has 6 heteroatoms. The predicted octanol–water partition coefficient (Wildman–Crippen LogP) is 2.79. The molecule has 0 radical (unpaired) electrons. The first kappa shape index (κ1) is 20.5. The Kier molecular flexibility index (Phi) is 8.98. The van der Waals surface area contributed by atoms with Gasteiger partial charge in [-0.1, -0.05) is 43.2 Å². The zero-order valence-corrected chi connectivity index (χ0v) is 17.4. The summed E-state index contributed by atoms with van der Waals surface area (Å²) >= 11 is 0. The summed E-state index contributed by atoms with van der Waals surface area (Å²) in [5.74, 6) is 0.927. The van der Waals surface area contributed by atoms with Crippen LogP contribution in [0, 0.1) is 0 Å². The number of guanidine groups is 1. The fraction of sp³-hybridized carbons (Fsp3) is 0.632. The third-order valence-electron chi connectivity index (χ3n) is 5.05. The molecule has 1 saturated carbocycles.